The number of esters is 1. The molecule has 2 fully saturated rings. The van der Waals surface area contributed by atoms with Crippen LogP contribution in [-0.4, -0.2) is 24.3 Å². The number of hydrogen-bond acceptors (Lipinski definition) is 4. The molecule has 2 aliphatic rings. The summed E-state index contributed by atoms with van der Waals surface area (Å²) >= 11 is 3.39. The van der Waals surface area contributed by atoms with Gasteiger partial charge in [0.2, 0.25) is 0 Å². The molecule has 1 amide bonds. The summed E-state index contributed by atoms with van der Waals surface area (Å²) in [5.74, 6) is -1.23. The molecule has 0 spiro atoms. The number of nitrogens with one attached hydrogen (secondary N) is 1. The van der Waals surface area contributed by atoms with Crippen LogP contribution in [0.3, 0.4) is 0 Å². The Balaban J connectivity index is 1.40. The summed E-state index contributed by atoms with van der Waals surface area (Å²) < 4.78 is 6.31. The highest BCUT2D eigenvalue weighted by Gasteiger charge is 2.54. The summed E-state index contributed by atoms with van der Waals surface area (Å²) in [4.78, 5) is 38.3. The van der Waals surface area contributed by atoms with Gasteiger partial charge < -0.3 is 10.1 Å². The molecule has 156 valence electrons. The van der Waals surface area contributed by atoms with E-state index in [-0.39, 0.29) is 36.1 Å². The minimum Gasteiger partial charge on any atom is -0.455 e. The fourth-order valence-corrected chi connectivity index (χ4v) is 5.46. The number of hydrogen-bond donors (Lipinski definition) is 1. The maximum atomic E-state index is 13.1. The van der Waals surface area contributed by atoms with Crippen LogP contribution in [0.1, 0.15) is 35.2 Å². The number of carbonyl (C=O) groups is 3. The van der Waals surface area contributed by atoms with Gasteiger partial charge in [0.1, 0.15) is 0 Å². The largest absolute Gasteiger partial charge is 0.455 e. The molecule has 0 aromatic heterocycles. The lowest BCUT2D eigenvalue weighted by atomic mass is 9.75. The molecule has 0 aliphatic heterocycles. The van der Waals surface area contributed by atoms with E-state index in [0.29, 0.717) is 11.3 Å². The molecule has 1 N–H and O–H groups in total. The van der Waals surface area contributed by atoms with E-state index in [1.54, 1.807) is 18.2 Å². The van der Waals surface area contributed by atoms with Crippen molar-refractivity contribution < 1.29 is 19.1 Å². The first-order valence-electron chi connectivity index (χ1n) is 10.3. The Bertz CT molecular complexity index is 974. The molecule has 4 rings (SSSR count). The fourth-order valence-electron chi connectivity index (χ4n) is 4.99. The van der Waals surface area contributed by atoms with Gasteiger partial charge in [-0.1, -0.05) is 46.3 Å². The zero-order valence-electron chi connectivity index (χ0n) is 16.8. The Morgan fingerprint density at radius 2 is 1.73 bits per heavy atom. The molecule has 0 radical (unpaired) electrons. The van der Waals surface area contributed by atoms with E-state index in [1.165, 1.54) is 0 Å². The maximum Gasteiger partial charge on any atom is 0.310 e. The van der Waals surface area contributed by atoms with Crippen molar-refractivity contribution >= 4 is 39.3 Å². The molecule has 6 heteroatoms. The van der Waals surface area contributed by atoms with Gasteiger partial charge in [-0.15, -0.1) is 0 Å². The third-order valence-electron chi connectivity index (χ3n) is 6.36. The van der Waals surface area contributed by atoms with E-state index in [2.05, 4.69) is 21.2 Å². The molecule has 5 nitrogen and oxygen atoms in total. The molecule has 30 heavy (non-hydrogen) atoms. The van der Waals surface area contributed by atoms with Gasteiger partial charge in [0.05, 0.1) is 5.92 Å². The van der Waals surface area contributed by atoms with Crippen molar-refractivity contribution in [2.45, 2.75) is 26.2 Å². The van der Waals surface area contributed by atoms with Gasteiger partial charge in [-0.25, -0.2) is 0 Å². The van der Waals surface area contributed by atoms with Crippen LogP contribution in [0.25, 0.3) is 0 Å². The minimum atomic E-state index is -0.460. The van der Waals surface area contributed by atoms with Gasteiger partial charge in [-0.05, 0) is 61.8 Å². The number of carbonyl (C=O) groups excluding carboxylic acids is 3. The van der Waals surface area contributed by atoms with Crippen molar-refractivity contribution in [3.8, 4) is 0 Å². The first-order chi connectivity index (χ1) is 14.4. The number of anilines is 1. The summed E-state index contributed by atoms with van der Waals surface area (Å²) in [5, 5.41) is 2.77. The van der Waals surface area contributed by atoms with Gasteiger partial charge in [0.25, 0.3) is 5.91 Å². The topological polar surface area (TPSA) is 72.5 Å². The highest BCUT2D eigenvalue weighted by atomic mass is 79.9. The van der Waals surface area contributed by atoms with Crippen LogP contribution < -0.4 is 5.32 Å². The number of ether oxygens (including phenoxy) is 1. The predicted octanol–water partition coefficient (Wildman–Crippen LogP) is 4.78. The van der Waals surface area contributed by atoms with Crippen LogP contribution in [0.4, 0.5) is 5.69 Å². The number of ketones is 1. The van der Waals surface area contributed by atoms with E-state index in [1.807, 2.05) is 37.3 Å². The van der Waals surface area contributed by atoms with E-state index in [9.17, 15) is 14.4 Å². The van der Waals surface area contributed by atoms with E-state index < -0.39 is 11.9 Å². The normalized spacial score (nSPS) is 24.5. The van der Waals surface area contributed by atoms with Gasteiger partial charge in [0.15, 0.2) is 12.4 Å². The average molecular weight is 470 g/mol. The van der Waals surface area contributed by atoms with Crippen molar-refractivity contribution in [1.82, 2.24) is 0 Å². The maximum absolute atomic E-state index is 13.1. The Morgan fingerprint density at radius 3 is 2.43 bits per heavy atom. The summed E-state index contributed by atoms with van der Waals surface area (Å²) in [6.45, 7) is 1.54. The number of benzene rings is 2. The molecular formula is C24H24BrNO4. The fraction of sp³-hybridized carbons (Fsp3) is 0.375. The Kier molecular flexibility index (Phi) is 6.04. The second kappa shape index (κ2) is 8.72. The summed E-state index contributed by atoms with van der Waals surface area (Å²) in [7, 11) is 0. The van der Waals surface area contributed by atoms with E-state index >= 15 is 0 Å². The van der Waals surface area contributed by atoms with Crippen molar-refractivity contribution in [1.29, 1.82) is 0 Å². The number of amides is 1. The first kappa shape index (κ1) is 20.8. The van der Waals surface area contributed by atoms with Crippen LogP contribution in [0.2, 0.25) is 0 Å². The second-order valence-electron chi connectivity index (χ2n) is 8.23. The van der Waals surface area contributed by atoms with Crippen molar-refractivity contribution in [3.05, 3.63) is 64.1 Å². The molecule has 2 saturated carbocycles. The van der Waals surface area contributed by atoms with Crippen molar-refractivity contribution in [2.75, 3.05) is 11.9 Å². The van der Waals surface area contributed by atoms with Gasteiger partial charge in [-0.2, -0.15) is 0 Å². The van der Waals surface area contributed by atoms with Crippen LogP contribution in [-0.2, 0) is 14.3 Å². The smallest absolute Gasteiger partial charge is 0.310 e. The molecule has 4 atom stereocenters. The molecule has 2 aliphatic carbocycles. The average Bonchev–Trinajstić information content (AvgIpc) is 3.36. The summed E-state index contributed by atoms with van der Waals surface area (Å²) in [5.41, 5.74) is 2.22. The second-order valence-corrected chi connectivity index (χ2v) is 9.15. The van der Waals surface area contributed by atoms with Gasteiger partial charge in [0, 0.05) is 21.6 Å². The number of halogens is 1. The third kappa shape index (κ3) is 4.19. The first-order valence-corrected chi connectivity index (χ1v) is 11.0. The Hall–Kier alpha value is -2.47. The number of rotatable bonds is 6. The molecule has 0 heterocycles. The molecule has 0 saturated heterocycles. The lowest BCUT2D eigenvalue weighted by Crippen LogP contribution is -2.37. The van der Waals surface area contributed by atoms with Crippen LogP contribution in [0.5, 0.6) is 0 Å². The number of Topliss-reactive ketones (excluding diaryl/α,β-unsaturated/α-hetero) is 1. The lowest BCUT2D eigenvalue weighted by Gasteiger charge is -2.28. The number of aryl methyl sites for hydroxylation is 1. The highest BCUT2D eigenvalue weighted by molar-refractivity contribution is 9.10. The SMILES string of the molecule is Cc1cc(Br)ccc1NC(=O)COC(=O)[C@H]1[C@H]2CC[C@@H](C2)[C@H]1C(=O)c1ccccc1. The zero-order valence-corrected chi connectivity index (χ0v) is 18.4. The highest BCUT2D eigenvalue weighted by Crippen LogP contribution is 2.53. The number of fused-ring (bicyclic) bond motifs is 2. The van der Waals surface area contributed by atoms with E-state index in [0.717, 1.165) is 29.3 Å². The zero-order chi connectivity index (χ0) is 21.3. The van der Waals surface area contributed by atoms with Crippen LogP contribution in [0.15, 0.2) is 53.0 Å². The minimum absolute atomic E-state index is 0.0136. The summed E-state index contributed by atoms with van der Waals surface area (Å²) in [6, 6.07) is 14.7. The quantitative estimate of drug-likeness (QED) is 0.487. The monoisotopic (exact) mass is 469 g/mol. The molecule has 2 aromatic rings. The standard InChI is InChI=1S/C24H24BrNO4/c1-14-11-18(25)9-10-19(14)26-20(27)13-30-24(29)22-17-8-7-16(12-17)21(22)23(28)15-5-3-2-4-6-15/h2-6,9-11,16-17,21-22H,7-8,12-13H2,1H3,(H,26,27)/t16-,17-,21+,22-/m0/s1. The molecule has 0 unspecified atom stereocenters. The molecular weight excluding hydrogens is 446 g/mol. The van der Waals surface area contributed by atoms with E-state index in [4.69, 9.17) is 4.74 Å². The lowest BCUT2D eigenvalue weighted by molar-refractivity contribution is -0.154. The van der Waals surface area contributed by atoms with Crippen molar-refractivity contribution in [2.24, 2.45) is 23.7 Å². The van der Waals surface area contributed by atoms with Crippen LogP contribution >= 0.6 is 15.9 Å². The van der Waals surface area contributed by atoms with Crippen molar-refractivity contribution in [3.63, 3.8) is 0 Å². The van der Waals surface area contributed by atoms with Crippen LogP contribution in [0, 0.1) is 30.6 Å². The predicted molar refractivity (Wildman–Crippen MR) is 117 cm³/mol. The molecule has 2 bridgehead atoms. The Morgan fingerprint density at radius 1 is 1.03 bits per heavy atom. The summed E-state index contributed by atoms with van der Waals surface area (Å²) in [6.07, 6.45) is 2.79. The third-order valence-corrected chi connectivity index (χ3v) is 6.85. The van der Waals surface area contributed by atoms with Gasteiger partial charge in [-0.3, -0.25) is 14.4 Å². The van der Waals surface area contributed by atoms with Gasteiger partial charge >= 0.3 is 5.97 Å². The Labute approximate surface area is 184 Å². The molecule has 2 aromatic carbocycles.